The number of carbonyl (C=O) groups is 1. The minimum Gasteiger partial charge on any atom is -0.474 e. The molecule has 9 heteroatoms. The number of nitrogens with zero attached hydrogens (tertiary/aromatic N) is 4. The molecule has 2 saturated heterocycles. The third-order valence-electron chi connectivity index (χ3n) is 7.59. The molecule has 0 saturated carbocycles. The first-order valence-corrected chi connectivity index (χ1v) is 14.2. The van der Waals surface area contributed by atoms with Crippen molar-refractivity contribution in [3.8, 4) is 5.88 Å². The summed E-state index contributed by atoms with van der Waals surface area (Å²) in [6.45, 7) is 6.44. The molecule has 3 atom stereocenters. The van der Waals surface area contributed by atoms with Crippen LogP contribution < -0.4 is 4.74 Å². The van der Waals surface area contributed by atoms with Crippen LogP contribution in [0.15, 0.2) is 54.9 Å². The Bertz CT molecular complexity index is 1250. The molecule has 0 bridgehead atoms. The molecular weight excluding hydrogens is 543 g/mol. The van der Waals surface area contributed by atoms with E-state index in [-0.39, 0.29) is 23.8 Å². The summed E-state index contributed by atoms with van der Waals surface area (Å²) < 4.78 is 6.19. The van der Waals surface area contributed by atoms with Crippen LogP contribution in [0.1, 0.15) is 47.3 Å². The molecule has 0 aliphatic carbocycles. The number of hydrogen-bond donors (Lipinski definition) is 0. The van der Waals surface area contributed by atoms with Crippen molar-refractivity contribution in [3.63, 3.8) is 0 Å². The smallest absolute Gasteiger partial charge is 0.255 e. The van der Waals surface area contributed by atoms with Gasteiger partial charge in [0.2, 0.25) is 5.88 Å². The zero-order chi connectivity index (χ0) is 26.6. The average Bonchev–Trinajstić information content (AvgIpc) is 3.61. The lowest BCUT2D eigenvalue weighted by Crippen LogP contribution is -2.32. The molecule has 0 spiro atoms. The summed E-state index contributed by atoms with van der Waals surface area (Å²) in [7, 11) is 0. The summed E-state index contributed by atoms with van der Waals surface area (Å²) in [5.74, 6) is 0.492. The number of aromatic nitrogens is 2. The fourth-order valence-electron chi connectivity index (χ4n) is 5.44. The van der Waals surface area contributed by atoms with Gasteiger partial charge in [-0.05, 0) is 68.8 Å². The number of rotatable bonds is 8. The van der Waals surface area contributed by atoms with Crippen LogP contribution >= 0.6 is 34.8 Å². The molecule has 3 aromatic rings. The van der Waals surface area contributed by atoms with Crippen LogP contribution in [0.5, 0.6) is 5.88 Å². The van der Waals surface area contributed by atoms with Crippen molar-refractivity contribution in [3.05, 3.63) is 86.7 Å². The van der Waals surface area contributed by atoms with E-state index in [0.29, 0.717) is 39.6 Å². The Balaban J connectivity index is 1.31. The van der Waals surface area contributed by atoms with E-state index >= 15 is 0 Å². The molecule has 5 rings (SSSR count). The van der Waals surface area contributed by atoms with Gasteiger partial charge in [-0.15, -0.1) is 0 Å². The van der Waals surface area contributed by atoms with Gasteiger partial charge in [-0.1, -0.05) is 40.9 Å². The minimum absolute atomic E-state index is 0.0152. The normalized spacial score (nSPS) is 20.6. The molecule has 2 aromatic heterocycles. The highest BCUT2D eigenvalue weighted by Crippen LogP contribution is 2.38. The molecule has 0 N–H and O–H groups in total. The maximum Gasteiger partial charge on any atom is 0.255 e. The number of ether oxygens (including phenoxy) is 1. The average molecular weight is 574 g/mol. The van der Waals surface area contributed by atoms with E-state index in [2.05, 4.69) is 14.9 Å². The van der Waals surface area contributed by atoms with Gasteiger partial charge < -0.3 is 14.5 Å². The number of pyridine rings is 2. The Labute approximate surface area is 238 Å². The third-order valence-corrected chi connectivity index (χ3v) is 8.55. The summed E-state index contributed by atoms with van der Waals surface area (Å²) in [6.07, 6.45) is 6.51. The standard InChI is InChI=1S/C29H31Cl3N4O2/c1-19(38-28-9-6-22(30)16-34-28)24-17-36(18-25(24)20-5-8-26(31)27(32)14-20)29(37)21-4-7-23(33-15-21)10-13-35-11-2-3-12-35/h4-9,14-16,19,24-25H,2-3,10-13,17-18H2,1H3/t19-,24+,25+/m1/s1. The van der Waals surface area contributed by atoms with Gasteiger partial charge in [0.05, 0.1) is 20.6 Å². The number of halogens is 3. The van der Waals surface area contributed by atoms with Crippen molar-refractivity contribution in [2.45, 2.75) is 38.2 Å². The molecule has 200 valence electrons. The molecular formula is C29H31Cl3N4O2. The second-order valence-electron chi connectivity index (χ2n) is 10.1. The van der Waals surface area contributed by atoms with Gasteiger partial charge in [-0.3, -0.25) is 9.78 Å². The van der Waals surface area contributed by atoms with Gasteiger partial charge in [0.25, 0.3) is 5.91 Å². The van der Waals surface area contributed by atoms with E-state index in [4.69, 9.17) is 39.5 Å². The number of amides is 1. The number of likely N-dealkylation sites (tertiary alicyclic amines) is 2. The highest BCUT2D eigenvalue weighted by Gasteiger charge is 2.40. The van der Waals surface area contributed by atoms with Crippen LogP contribution in [0.4, 0.5) is 0 Å². The van der Waals surface area contributed by atoms with Gasteiger partial charge in [0, 0.05) is 62.0 Å². The molecule has 0 unspecified atom stereocenters. The molecule has 2 aliphatic heterocycles. The van der Waals surface area contributed by atoms with Crippen molar-refractivity contribution in [1.29, 1.82) is 0 Å². The largest absolute Gasteiger partial charge is 0.474 e. The zero-order valence-electron chi connectivity index (χ0n) is 21.3. The number of hydrogen-bond acceptors (Lipinski definition) is 5. The quantitative estimate of drug-likeness (QED) is 0.312. The monoisotopic (exact) mass is 572 g/mol. The van der Waals surface area contributed by atoms with E-state index in [0.717, 1.165) is 24.2 Å². The zero-order valence-corrected chi connectivity index (χ0v) is 23.6. The fourth-order valence-corrected chi connectivity index (χ4v) is 5.85. The predicted octanol–water partition coefficient (Wildman–Crippen LogP) is 6.40. The van der Waals surface area contributed by atoms with Crippen molar-refractivity contribution in [2.75, 3.05) is 32.7 Å². The van der Waals surface area contributed by atoms with Crippen LogP contribution in [-0.2, 0) is 6.42 Å². The molecule has 1 amide bonds. The van der Waals surface area contributed by atoms with Crippen LogP contribution in [0.25, 0.3) is 0 Å². The molecule has 2 aliphatic rings. The van der Waals surface area contributed by atoms with Crippen LogP contribution in [0.3, 0.4) is 0 Å². The van der Waals surface area contributed by atoms with E-state index in [1.165, 1.54) is 25.9 Å². The summed E-state index contributed by atoms with van der Waals surface area (Å²) in [5.41, 5.74) is 2.63. The summed E-state index contributed by atoms with van der Waals surface area (Å²) >= 11 is 18.5. The molecule has 4 heterocycles. The van der Waals surface area contributed by atoms with E-state index in [9.17, 15) is 4.79 Å². The van der Waals surface area contributed by atoms with Gasteiger partial charge in [0.15, 0.2) is 0 Å². The van der Waals surface area contributed by atoms with Crippen molar-refractivity contribution < 1.29 is 9.53 Å². The molecule has 38 heavy (non-hydrogen) atoms. The first kappa shape index (κ1) is 27.2. The van der Waals surface area contributed by atoms with Gasteiger partial charge >= 0.3 is 0 Å². The van der Waals surface area contributed by atoms with E-state index in [1.807, 2.05) is 36.1 Å². The second-order valence-corrected chi connectivity index (χ2v) is 11.4. The maximum absolute atomic E-state index is 13.5. The van der Waals surface area contributed by atoms with Crippen molar-refractivity contribution in [1.82, 2.24) is 19.8 Å². The summed E-state index contributed by atoms with van der Waals surface area (Å²) in [4.78, 5) is 26.8. The summed E-state index contributed by atoms with van der Waals surface area (Å²) in [6, 6.07) is 13.0. The molecule has 2 fully saturated rings. The summed E-state index contributed by atoms with van der Waals surface area (Å²) in [5, 5.41) is 1.55. The lowest BCUT2D eigenvalue weighted by Gasteiger charge is -2.25. The Morgan fingerprint density at radius 1 is 1.00 bits per heavy atom. The first-order chi connectivity index (χ1) is 18.4. The lowest BCUT2D eigenvalue weighted by atomic mass is 9.86. The van der Waals surface area contributed by atoms with Crippen LogP contribution in [-0.4, -0.2) is 64.5 Å². The molecule has 6 nitrogen and oxygen atoms in total. The number of carbonyl (C=O) groups excluding carboxylic acids is 1. The SMILES string of the molecule is C[C@@H](Oc1ccc(Cl)cn1)[C@@H]1CN(C(=O)c2ccc(CCN3CCCC3)nc2)C[C@H]1c1ccc(Cl)c(Cl)c1. The van der Waals surface area contributed by atoms with Gasteiger partial charge in [-0.2, -0.15) is 0 Å². The van der Waals surface area contributed by atoms with Crippen LogP contribution in [0, 0.1) is 5.92 Å². The molecule has 0 radical (unpaired) electrons. The highest BCUT2D eigenvalue weighted by atomic mass is 35.5. The number of benzene rings is 1. The van der Waals surface area contributed by atoms with E-state index < -0.39 is 0 Å². The second kappa shape index (κ2) is 12.2. The van der Waals surface area contributed by atoms with Crippen LogP contribution in [0.2, 0.25) is 15.1 Å². The maximum atomic E-state index is 13.5. The minimum atomic E-state index is -0.216. The Kier molecular flexibility index (Phi) is 8.74. The van der Waals surface area contributed by atoms with Gasteiger partial charge in [0.1, 0.15) is 6.10 Å². The third kappa shape index (κ3) is 6.42. The highest BCUT2D eigenvalue weighted by molar-refractivity contribution is 6.42. The molecule has 1 aromatic carbocycles. The Hall–Kier alpha value is -2.38. The van der Waals surface area contributed by atoms with Gasteiger partial charge in [-0.25, -0.2) is 4.98 Å². The predicted molar refractivity (Wildman–Crippen MR) is 152 cm³/mol. The Morgan fingerprint density at radius 3 is 2.50 bits per heavy atom. The lowest BCUT2D eigenvalue weighted by molar-refractivity contribution is 0.0769. The fraction of sp³-hybridized carbons (Fsp3) is 0.414. The van der Waals surface area contributed by atoms with E-state index in [1.54, 1.807) is 30.6 Å². The van der Waals surface area contributed by atoms with Crippen molar-refractivity contribution >= 4 is 40.7 Å². The Morgan fingerprint density at radius 2 is 1.82 bits per heavy atom. The van der Waals surface area contributed by atoms with Crippen molar-refractivity contribution in [2.24, 2.45) is 5.92 Å². The topological polar surface area (TPSA) is 58.6 Å². The first-order valence-electron chi connectivity index (χ1n) is 13.1.